The molecular formula is C15H20ClNO. The SMILES string of the molecule is Oc1c(Cl)cccc1CNCC(C1CC1)C1CC1. The molecule has 18 heavy (non-hydrogen) atoms. The molecule has 3 rings (SSSR count). The maximum atomic E-state index is 9.83. The van der Waals surface area contributed by atoms with E-state index in [9.17, 15) is 5.11 Å². The van der Waals surface area contributed by atoms with Gasteiger partial charge in [-0.1, -0.05) is 23.7 Å². The number of aromatic hydroxyl groups is 1. The summed E-state index contributed by atoms with van der Waals surface area (Å²) in [5.41, 5.74) is 0.896. The van der Waals surface area contributed by atoms with Gasteiger partial charge in [0.15, 0.2) is 0 Å². The van der Waals surface area contributed by atoms with Crippen LogP contribution in [0.4, 0.5) is 0 Å². The molecule has 1 aromatic carbocycles. The van der Waals surface area contributed by atoms with Gasteiger partial charge in [0.2, 0.25) is 0 Å². The van der Waals surface area contributed by atoms with Gasteiger partial charge in [-0.2, -0.15) is 0 Å². The summed E-state index contributed by atoms with van der Waals surface area (Å²) >= 11 is 5.90. The number of halogens is 1. The quantitative estimate of drug-likeness (QED) is 0.824. The highest BCUT2D eigenvalue weighted by Crippen LogP contribution is 2.48. The van der Waals surface area contributed by atoms with E-state index in [1.54, 1.807) is 6.07 Å². The largest absolute Gasteiger partial charge is 0.506 e. The minimum Gasteiger partial charge on any atom is -0.506 e. The Morgan fingerprint density at radius 1 is 1.22 bits per heavy atom. The molecule has 98 valence electrons. The Morgan fingerprint density at radius 3 is 2.50 bits per heavy atom. The normalized spacial score (nSPS) is 19.4. The molecular weight excluding hydrogens is 246 g/mol. The zero-order valence-corrected chi connectivity index (χ0v) is 11.3. The second-order valence-corrected chi connectivity index (χ2v) is 6.12. The Kier molecular flexibility index (Phi) is 3.49. The predicted octanol–water partition coefficient (Wildman–Crippen LogP) is 3.57. The van der Waals surface area contributed by atoms with Gasteiger partial charge in [-0.3, -0.25) is 0 Å². The van der Waals surface area contributed by atoms with Gasteiger partial charge in [0, 0.05) is 12.1 Å². The molecule has 0 radical (unpaired) electrons. The van der Waals surface area contributed by atoms with Crippen LogP contribution in [0.1, 0.15) is 31.2 Å². The van der Waals surface area contributed by atoms with E-state index in [4.69, 9.17) is 11.6 Å². The second kappa shape index (κ2) is 5.10. The van der Waals surface area contributed by atoms with Crippen LogP contribution in [-0.4, -0.2) is 11.7 Å². The maximum Gasteiger partial charge on any atom is 0.138 e. The van der Waals surface area contributed by atoms with Crippen LogP contribution < -0.4 is 5.32 Å². The maximum absolute atomic E-state index is 9.83. The minimum atomic E-state index is 0.223. The molecule has 2 fully saturated rings. The number of phenolic OH excluding ortho intramolecular Hbond substituents is 1. The van der Waals surface area contributed by atoms with Crippen LogP contribution in [0, 0.1) is 17.8 Å². The minimum absolute atomic E-state index is 0.223. The first-order valence-corrected chi connectivity index (χ1v) is 7.30. The van der Waals surface area contributed by atoms with Crippen LogP contribution in [-0.2, 0) is 6.54 Å². The lowest BCUT2D eigenvalue weighted by atomic mass is 9.98. The molecule has 2 nitrogen and oxygen atoms in total. The van der Waals surface area contributed by atoms with Crippen molar-refractivity contribution in [1.29, 1.82) is 0 Å². The fraction of sp³-hybridized carbons (Fsp3) is 0.600. The summed E-state index contributed by atoms with van der Waals surface area (Å²) in [6, 6.07) is 5.54. The number of rotatable bonds is 6. The molecule has 0 aliphatic heterocycles. The highest BCUT2D eigenvalue weighted by atomic mass is 35.5. The van der Waals surface area contributed by atoms with Crippen molar-refractivity contribution in [2.24, 2.45) is 17.8 Å². The highest BCUT2D eigenvalue weighted by Gasteiger charge is 2.40. The first-order chi connectivity index (χ1) is 8.75. The van der Waals surface area contributed by atoms with Crippen molar-refractivity contribution in [3.8, 4) is 5.75 Å². The summed E-state index contributed by atoms with van der Waals surface area (Å²) < 4.78 is 0. The van der Waals surface area contributed by atoms with Crippen LogP contribution in [0.2, 0.25) is 5.02 Å². The van der Waals surface area contributed by atoms with E-state index in [0.717, 1.165) is 29.9 Å². The van der Waals surface area contributed by atoms with E-state index < -0.39 is 0 Å². The third-order valence-electron chi connectivity index (χ3n) is 4.22. The molecule has 2 N–H and O–H groups in total. The molecule has 0 heterocycles. The second-order valence-electron chi connectivity index (χ2n) is 5.72. The highest BCUT2D eigenvalue weighted by molar-refractivity contribution is 6.32. The zero-order valence-electron chi connectivity index (χ0n) is 10.5. The summed E-state index contributed by atoms with van der Waals surface area (Å²) in [4.78, 5) is 0. The summed E-state index contributed by atoms with van der Waals surface area (Å²) in [5, 5.41) is 13.8. The van der Waals surface area contributed by atoms with Crippen molar-refractivity contribution < 1.29 is 5.11 Å². The molecule has 0 unspecified atom stereocenters. The van der Waals surface area contributed by atoms with Crippen molar-refractivity contribution in [3.63, 3.8) is 0 Å². The van der Waals surface area contributed by atoms with E-state index in [0.29, 0.717) is 11.6 Å². The van der Waals surface area contributed by atoms with Crippen LogP contribution in [0.15, 0.2) is 18.2 Å². The van der Waals surface area contributed by atoms with E-state index in [1.165, 1.54) is 25.7 Å². The first-order valence-electron chi connectivity index (χ1n) is 6.93. The number of nitrogens with one attached hydrogen (secondary N) is 1. The molecule has 0 aromatic heterocycles. The van der Waals surface area contributed by atoms with Crippen molar-refractivity contribution in [2.75, 3.05) is 6.54 Å². The number of benzene rings is 1. The number of para-hydroxylation sites is 1. The van der Waals surface area contributed by atoms with Crippen LogP contribution in [0.3, 0.4) is 0 Å². The number of hydrogen-bond acceptors (Lipinski definition) is 2. The van der Waals surface area contributed by atoms with Gasteiger partial charge in [0.25, 0.3) is 0 Å². The van der Waals surface area contributed by atoms with Crippen LogP contribution >= 0.6 is 11.6 Å². The number of phenols is 1. The molecule has 2 aliphatic carbocycles. The third kappa shape index (κ3) is 2.81. The van der Waals surface area contributed by atoms with E-state index in [1.807, 2.05) is 12.1 Å². The van der Waals surface area contributed by atoms with Gasteiger partial charge >= 0.3 is 0 Å². The zero-order chi connectivity index (χ0) is 12.5. The summed E-state index contributed by atoms with van der Waals surface area (Å²) in [6.45, 7) is 1.80. The fourth-order valence-corrected chi connectivity index (χ4v) is 3.04. The molecule has 0 amide bonds. The fourth-order valence-electron chi connectivity index (χ4n) is 2.84. The molecule has 0 atom stereocenters. The standard InChI is InChI=1S/C15H20ClNO/c16-14-3-1-2-12(15(14)18)8-17-9-13(10-4-5-10)11-6-7-11/h1-3,10-11,13,17-18H,4-9H2. The summed E-state index contributed by atoms with van der Waals surface area (Å²) in [5.74, 6) is 3.03. The Labute approximate surface area is 113 Å². The van der Waals surface area contributed by atoms with Gasteiger partial charge in [-0.25, -0.2) is 0 Å². The van der Waals surface area contributed by atoms with Gasteiger partial charge in [0.1, 0.15) is 5.75 Å². The lowest BCUT2D eigenvalue weighted by Gasteiger charge is -2.16. The Bertz CT molecular complexity index is 415. The van der Waals surface area contributed by atoms with Crippen LogP contribution in [0.5, 0.6) is 5.75 Å². The number of hydrogen-bond donors (Lipinski definition) is 2. The Balaban J connectivity index is 1.52. The van der Waals surface area contributed by atoms with E-state index in [2.05, 4.69) is 5.32 Å². The molecule has 0 spiro atoms. The van der Waals surface area contributed by atoms with Gasteiger partial charge in [-0.05, 0) is 56.0 Å². The van der Waals surface area contributed by atoms with Gasteiger partial charge < -0.3 is 10.4 Å². The Hall–Kier alpha value is -0.730. The molecule has 2 saturated carbocycles. The van der Waals surface area contributed by atoms with Crippen molar-refractivity contribution in [1.82, 2.24) is 5.32 Å². The predicted molar refractivity (Wildman–Crippen MR) is 73.8 cm³/mol. The van der Waals surface area contributed by atoms with E-state index in [-0.39, 0.29) is 5.75 Å². The van der Waals surface area contributed by atoms with Crippen molar-refractivity contribution >= 4 is 11.6 Å². The average molecular weight is 266 g/mol. The molecule has 2 aliphatic rings. The van der Waals surface area contributed by atoms with Gasteiger partial charge in [-0.15, -0.1) is 0 Å². The summed E-state index contributed by atoms with van der Waals surface area (Å²) in [6.07, 6.45) is 5.69. The van der Waals surface area contributed by atoms with Crippen molar-refractivity contribution in [3.05, 3.63) is 28.8 Å². The molecule has 3 heteroatoms. The monoisotopic (exact) mass is 265 g/mol. The van der Waals surface area contributed by atoms with Crippen LogP contribution in [0.25, 0.3) is 0 Å². The molecule has 1 aromatic rings. The summed E-state index contributed by atoms with van der Waals surface area (Å²) in [7, 11) is 0. The molecule has 0 saturated heterocycles. The lowest BCUT2D eigenvalue weighted by Crippen LogP contribution is -2.25. The third-order valence-corrected chi connectivity index (χ3v) is 4.53. The van der Waals surface area contributed by atoms with E-state index >= 15 is 0 Å². The van der Waals surface area contributed by atoms with Gasteiger partial charge in [0.05, 0.1) is 5.02 Å². The average Bonchev–Trinajstić information content (AvgIpc) is 3.23. The Morgan fingerprint density at radius 2 is 1.89 bits per heavy atom. The lowest BCUT2D eigenvalue weighted by molar-refractivity contribution is 0.376. The topological polar surface area (TPSA) is 32.3 Å². The molecule has 0 bridgehead atoms. The smallest absolute Gasteiger partial charge is 0.138 e. The van der Waals surface area contributed by atoms with Crippen molar-refractivity contribution in [2.45, 2.75) is 32.2 Å². The first kappa shape index (κ1) is 12.3.